The Hall–Kier alpha value is -1.71. The third-order valence-electron chi connectivity index (χ3n) is 3.76. The first-order valence-electron chi connectivity index (χ1n) is 7.53. The van der Waals surface area contributed by atoms with Crippen molar-refractivity contribution in [3.8, 4) is 0 Å². The summed E-state index contributed by atoms with van der Waals surface area (Å²) < 4.78 is 9.90. The van der Waals surface area contributed by atoms with Crippen LogP contribution in [0, 0.1) is 5.92 Å². The number of nitrogens with zero attached hydrogens (tertiary/aromatic N) is 1. The van der Waals surface area contributed by atoms with E-state index < -0.39 is 41.3 Å². The first-order valence-corrected chi connectivity index (χ1v) is 8.41. The number of esters is 1. The predicted octanol–water partition coefficient (Wildman–Crippen LogP) is -0.154. The summed E-state index contributed by atoms with van der Waals surface area (Å²) >= 11 is 0.734. The van der Waals surface area contributed by atoms with E-state index in [-0.39, 0.29) is 11.7 Å². The summed E-state index contributed by atoms with van der Waals surface area (Å²) in [6, 6.07) is 0. The zero-order chi connectivity index (χ0) is 17.9. The lowest BCUT2D eigenvalue weighted by atomic mass is 9.92. The van der Waals surface area contributed by atoms with Crippen LogP contribution in [0.1, 0.15) is 19.8 Å². The highest BCUT2D eigenvalue weighted by atomic mass is 32.2. The molecule has 2 heterocycles. The van der Waals surface area contributed by atoms with Crippen molar-refractivity contribution in [2.45, 2.75) is 37.3 Å². The fourth-order valence-corrected chi connectivity index (χ4v) is 3.90. The first kappa shape index (κ1) is 18.6. The van der Waals surface area contributed by atoms with Crippen molar-refractivity contribution in [3.63, 3.8) is 0 Å². The number of amides is 2. The maximum absolute atomic E-state index is 12.2. The lowest BCUT2D eigenvalue weighted by Crippen LogP contribution is -2.66. The molecule has 2 aliphatic rings. The summed E-state index contributed by atoms with van der Waals surface area (Å²) in [5.41, 5.74) is 0. The fraction of sp³-hybridized carbons (Fsp3) is 0.600. The predicted molar refractivity (Wildman–Crippen MR) is 83.5 cm³/mol. The molecule has 24 heavy (non-hydrogen) atoms. The molecule has 132 valence electrons. The Bertz CT molecular complexity index is 556. The van der Waals surface area contributed by atoms with Crippen molar-refractivity contribution in [1.82, 2.24) is 4.90 Å². The molecule has 1 N–H and O–H groups in total. The van der Waals surface area contributed by atoms with Crippen molar-refractivity contribution in [2.75, 3.05) is 13.2 Å². The number of hydrogen-bond donors (Lipinski definition) is 1. The smallest absolute Gasteiger partial charge is 0.397 e. The molecule has 0 aromatic heterocycles. The number of carbonyl (C=O) groups is 4. The maximum Gasteiger partial charge on any atom is 0.397 e. The van der Waals surface area contributed by atoms with Crippen LogP contribution in [0.3, 0.4) is 0 Å². The molecule has 0 radical (unpaired) electrons. The van der Waals surface area contributed by atoms with Gasteiger partial charge in [-0.3, -0.25) is 19.3 Å². The average molecular weight is 357 g/mol. The lowest BCUT2D eigenvalue weighted by molar-refractivity contribution is -0.174. The van der Waals surface area contributed by atoms with Gasteiger partial charge < -0.3 is 14.6 Å². The summed E-state index contributed by atoms with van der Waals surface area (Å²) in [4.78, 5) is 48.7. The van der Waals surface area contributed by atoms with Gasteiger partial charge in [0.05, 0.1) is 12.0 Å². The van der Waals surface area contributed by atoms with E-state index in [1.165, 1.54) is 13.0 Å². The van der Waals surface area contributed by atoms with Crippen LogP contribution in [-0.2, 0) is 28.7 Å². The van der Waals surface area contributed by atoms with E-state index in [1.54, 1.807) is 0 Å². The van der Waals surface area contributed by atoms with Crippen LogP contribution in [0.25, 0.3) is 0 Å². The quantitative estimate of drug-likeness (QED) is 0.313. The summed E-state index contributed by atoms with van der Waals surface area (Å²) in [6.07, 6.45) is 0.970. The van der Waals surface area contributed by atoms with Crippen molar-refractivity contribution in [3.05, 3.63) is 12.7 Å². The van der Waals surface area contributed by atoms with E-state index in [4.69, 9.17) is 4.74 Å². The first-order chi connectivity index (χ1) is 11.4. The Morgan fingerprint density at radius 3 is 2.79 bits per heavy atom. The number of aliphatic hydroxyl groups excluding tert-OH is 1. The third kappa shape index (κ3) is 3.68. The molecule has 4 atom stereocenters. The van der Waals surface area contributed by atoms with Crippen LogP contribution in [0.5, 0.6) is 0 Å². The SMILES string of the molecule is C=CCOC(=O)C(=O)N1C(=O)[C@H]([C@@H](C)O)[C@H]1SC(=O)[C@H]1CCCO1. The van der Waals surface area contributed by atoms with Gasteiger partial charge in [0.15, 0.2) is 0 Å². The van der Waals surface area contributed by atoms with Crippen LogP contribution in [0.4, 0.5) is 0 Å². The normalized spacial score (nSPS) is 27.3. The Morgan fingerprint density at radius 1 is 1.54 bits per heavy atom. The number of likely N-dealkylation sites (tertiary alicyclic amines) is 1. The molecular weight excluding hydrogens is 338 g/mol. The number of hydrogen-bond acceptors (Lipinski definition) is 8. The topological polar surface area (TPSA) is 110 Å². The van der Waals surface area contributed by atoms with Gasteiger partial charge in [-0.15, -0.1) is 0 Å². The van der Waals surface area contributed by atoms with Gasteiger partial charge in [-0.1, -0.05) is 24.4 Å². The van der Waals surface area contributed by atoms with Crippen LogP contribution >= 0.6 is 11.8 Å². The fourth-order valence-electron chi connectivity index (χ4n) is 2.53. The van der Waals surface area contributed by atoms with E-state index in [1.807, 2.05) is 0 Å². The zero-order valence-corrected chi connectivity index (χ0v) is 14.0. The lowest BCUT2D eigenvalue weighted by Gasteiger charge is -2.45. The molecule has 2 saturated heterocycles. The summed E-state index contributed by atoms with van der Waals surface area (Å²) in [5.74, 6) is -4.00. The van der Waals surface area contributed by atoms with Crippen molar-refractivity contribution >= 4 is 34.7 Å². The van der Waals surface area contributed by atoms with Crippen LogP contribution in [-0.4, -0.2) is 63.7 Å². The molecule has 0 aromatic carbocycles. The molecule has 2 rings (SSSR count). The molecule has 0 saturated carbocycles. The third-order valence-corrected chi connectivity index (χ3v) is 5.00. The molecule has 9 heteroatoms. The summed E-state index contributed by atoms with van der Waals surface area (Å²) in [7, 11) is 0. The molecule has 8 nitrogen and oxygen atoms in total. The molecule has 0 bridgehead atoms. The maximum atomic E-state index is 12.2. The minimum absolute atomic E-state index is 0.168. The number of thioether (sulfide) groups is 1. The highest BCUT2D eigenvalue weighted by molar-refractivity contribution is 8.14. The number of rotatable bonds is 5. The Morgan fingerprint density at radius 2 is 2.25 bits per heavy atom. The van der Waals surface area contributed by atoms with Crippen LogP contribution in [0.15, 0.2) is 12.7 Å². The number of carbonyl (C=O) groups excluding carboxylic acids is 4. The second-order valence-electron chi connectivity index (χ2n) is 5.50. The van der Waals surface area contributed by atoms with E-state index in [0.29, 0.717) is 17.9 Å². The van der Waals surface area contributed by atoms with E-state index >= 15 is 0 Å². The van der Waals surface area contributed by atoms with Gasteiger partial charge in [-0.25, -0.2) is 4.79 Å². The number of ether oxygens (including phenoxy) is 2. The molecule has 0 spiro atoms. The summed E-state index contributed by atoms with van der Waals surface area (Å²) in [5, 5.41) is 8.45. The van der Waals surface area contributed by atoms with Crippen molar-refractivity contribution in [2.24, 2.45) is 5.92 Å². The van der Waals surface area contributed by atoms with Crippen LogP contribution in [0.2, 0.25) is 0 Å². The van der Waals surface area contributed by atoms with Gasteiger partial charge >= 0.3 is 11.9 Å². The largest absolute Gasteiger partial charge is 0.454 e. The second kappa shape index (κ2) is 7.91. The standard InChI is InChI=1S/C15H19NO7S/c1-3-6-23-14(20)12(19)16-11(18)10(8(2)17)13(16)24-15(21)9-5-4-7-22-9/h3,8-10,13,17H,1,4-7H2,2H3/t8-,9-,10+,13-/m1/s1. The van der Waals surface area contributed by atoms with Gasteiger partial charge in [0.25, 0.3) is 0 Å². The Kier molecular flexibility index (Phi) is 6.14. The number of imide groups is 1. The number of aliphatic hydroxyl groups is 1. The molecule has 2 fully saturated rings. The minimum atomic E-state index is -1.21. The minimum Gasteiger partial charge on any atom is -0.454 e. The van der Waals surface area contributed by atoms with Gasteiger partial charge in [-0.05, 0) is 19.8 Å². The molecule has 0 aliphatic carbocycles. The van der Waals surface area contributed by atoms with E-state index in [2.05, 4.69) is 11.3 Å². The Balaban J connectivity index is 2.08. The monoisotopic (exact) mass is 357 g/mol. The zero-order valence-electron chi connectivity index (χ0n) is 13.2. The van der Waals surface area contributed by atoms with Crippen molar-refractivity contribution in [1.29, 1.82) is 0 Å². The van der Waals surface area contributed by atoms with E-state index in [9.17, 15) is 24.3 Å². The number of β-lactam (4-membered cyclic amide) rings is 1. The van der Waals surface area contributed by atoms with Crippen LogP contribution < -0.4 is 0 Å². The highest BCUT2D eigenvalue weighted by Gasteiger charge is 2.56. The highest BCUT2D eigenvalue weighted by Crippen LogP contribution is 2.39. The summed E-state index contributed by atoms with van der Waals surface area (Å²) in [6.45, 7) is 5.06. The van der Waals surface area contributed by atoms with Gasteiger partial charge in [0, 0.05) is 6.61 Å². The Labute approximate surface area is 143 Å². The molecular formula is C15H19NO7S. The van der Waals surface area contributed by atoms with Gasteiger partial charge in [0.1, 0.15) is 18.1 Å². The van der Waals surface area contributed by atoms with E-state index in [0.717, 1.165) is 18.2 Å². The second-order valence-corrected chi connectivity index (χ2v) is 6.62. The average Bonchev–Trinajstić information content (AvgIpc) is 3.05. The molecule has 0 aromatic rings. The van der Waals surface area contributed by atoms with Gasteiger partial charge in [0.2, 0.25) is 11.0 Å². The molecule has 2 amide bonds. The van der Waals surface area contributed by atoms with Gasteiger partial charge in [-0.2, -0.15) is 0 Å². The van der Waals surface area contributed by atoms with Crippen molar-refractivity contribution < 1.29 is 33.8 Å². The molecule has 2 aliphatic heterocycles. The molecule has 0 unspecified atom stereocenters.